The number of fused-ring (bicyclic) bond motifs is 2. The normalized spacial score (nSPS) is 15.7. The molecule has 6 heteroatoms. The third kappa shape index (κ3) is 3.99. The fourth-order valence-corrected chi connectivity index (χ4v) is 4.78. The average Bonchev–Trinajstić information content (AvgIpc) is 3.20. The van der Waals surface area contributed by atoms with Gasteiger partial charge in [-0.1, -0.05) is 50.2 Å². The van der Waals surface area contributed by atoms with Gasteiger partial charge in [-0.15, -0.1) is 0 Å². The van der Waals surface area contributed by atoms with Gasteiger partial charge < -0.3 is 9.47 Å². The largest absolute Gasteiger partial charge is 0.497 e. The van der Waals surface area contributed by atoms with Gasteiger partial charge in [-0.3, -0.25) is 4.79 Å². The van der Waals surface area contributed by atoms with E-state index in [0.717, 1.165) is 40.3 Å². The maximum Gasteiger partial charge on any atom is 0.166 e. The summed E-state index contributed by atoms with van der Waals surface area (Å²) in [6.45, 7) is 4.72. The van der Waals surface area contributed by atoms with Crippen LogP contribution in [0.15, 0.2) is 54.7 Å². The van der Waals surface area contributed by atoms with E-state index in [-0.39, 0.29) is 11.7 Å². The number of rotatable bonds is 6. The smallest absolute Gasteiger partial charge is 0.166 e. The summed E-state index contributed by atoms with van der Waals surface area (Å²) in [7, 11) is 3.30. The molecule has 0 fully saturated rings. The number of hydrogen-bond acceptors (Lipinski definition) is 5. The molecular weight excluding hydrogens is 426 g/mol. The highest BCUT2D eigenvalue weighted by molar-refractivity contribution is 5.99. The molecule has 4 aromatic rings. The molecule has 1 aliphatic carbocycles. The second kappa shape index (κ2) is 9.03. The minimum absolute atomic E-state index is 0.111. The molecule has 1 atom stereocenters. The van der Waals surface area contributed by atoms with Crippen LogP contribution in [0.2, 0.25) is 0 Å². The summed E-state index contributed by atoms with van der Waals surface area (Å²) in [6.07, 6.45) is 3.04. The fraction of sp³-hybridized carbons (Fsp3) is 0.321. The number of benzene rings is 2. The van der Waals surface area contributed by atoms with Gasteiger partial charge in [-0.25, -0.2) is 9.50 Å². The van der Waals surface area contributed by atoms with Crippen molar-refractivity contribution in [2.75, 3.05) is 14.2 Å². The highest BCUT2D eigenvalue weighted by Gasteiger charge is 2.29. The molecule has 1 unspecified atom stereocenters. The van der Waals surface area contributed by atoms with Gasteiger partial charge in [0.15, 0.2) is 11.4 Å². The standard InChI is InChI=1S/C28H29N3O3/c1-17(2)18-8-10-19(11-9-18)21-13-24-23(26(32)14-21)15-31-28(29-24)27(25(30-31)16-33-3)20-6-5-7-22(12-20)34-4/h5-12,15,17,21H,13-14,16H2,1-4H3. The summed E-state index contributed by atoms with van der Waals surface area (Å²) in [5.41, 5.74) is 7.34. The van der Waals surface area contributed by atoms with Gasteiger partial charge in [0.05, 0.1) is 36.2 Å². The number of methoxy groups -OCH3 is 2. The van der Waals surface area contributed by atoms with Gasteiger partial charge in [-0.05, 0) is 47.1 Å². The van der Waals surface area contributed by atoms with Crippen molar-refractivity contribution >= 4 is 11.4 Å². The molecule has 0 N–H and O–H groups in total. The Morgan fingerprint density at radius 3 is 2.59 bits per heavy atom. The van der Waals surface area contributed by atoms with Crippen molar-refractivity contribution in [3.63, 3.8) is 0 Å². The summed E-state index contributed by atoms with van der Waals surface area (Å²) in [4.78, 5) is 18.1. The number of nitrogens with zero attached hydrogens (tertiary/aromatic N) is 3. The second-order valence-corrected chi connectivity index (χ2v) is 9.21. The van der Waals surface area contributed by atoms with Crippen molar-refractivity contribution in [3.05, 3.63) is 82.8 Å². The monoisotopic (exact) mass is 455 g/mol. The highest BCUT2D eigenvalue weighted by atomic mass is 16.5. The van der Waals surface area contributed by atoms with Crippen LogP contribution in [0.5, 0.6) is 5.75 Å². The number of ether oxygens (including phenoxy) is 2. The zero-order chi connectivity index (χ0) is 23.8. The molecule has 2 heterocycles. The van der Waals surface area contributed by atoms with E-state index in [9.17, 15) is 4.79 Å². The van der Waals surface area contributed by atoms with Crippen LogP contribution in [-0.2, 0) is 17.8 Å². The van der Waals surface area contributed by atoms with E-state index >= 15 is 0 Å². The minimum atomic E-state index is 0.111. The van der Waals surface area contributed by atoms with Crippen LogP contribution < -0.4 is 4.74 Å². The van der Waals surface area contributed by atoms with Gasteiger partial charge in [0.2, 0.25) is 0 Å². The number of aromatic nitrogens is 3. The van der Waals surface area contributed by atoms with Gasteiger partial charge in [0, 0.05) is 19.7 Å². The molecular formula is C28H29N3O3. The van der Waals surface area contributed by atoms with Crippen LogP contribution >= 0.6 is 0 Å². The topological polar surface area (TPSA) is 65.7 Å². The molecule has 34 heavy (non-hydrogen) atoms. The first-order valence-electron chi connectivity index (χ1n) is 11.7. The zero-order valence-corrected chi connectivity index (χ0v) is 20.0. The summed E-state index contributed by atoms with van der Waals surface area (Å²) in [5.74, 6) is 1.48. The van der Waals surface area contributed by atoms with Gasteiger partial charge in [0.25, 0.3) is 0 Å². The zero-order valence-electron chi connectivity index (χ0n) is 20.0. The Bertz CT molecular complexity index is 1360. The van der Waals surface area contributed by atoms with Gasteiger partial charge in [0.1, 0.15) is 5.75 Å². The molecule has 1 aliphatic rings. The molecule has 0 saturated carbocycles. The van der Waals surface area contributed by atoms with Crippen molar-refractivity contribution in [1.29, 1.82) is 0 Å². The molecule has 0 aliphatic heterocycles. The van der Waals surface area contributed by atoms with Gasteiger partial charge in [-0.2, -0.15) is 5.10 Å². The third-order valence-corrected chi connectivity index (χ3v) is 6.65. The van der Waals surface area contributed by atoms with Crippen molar-refractivity contribution in [2.45, 2.75) is 45.1 Å². The quantitative estimate of drug-likeness (QED) is 0.379. The van der Waals surface area contributed by atoms with E-state index in [2.05, 4.69) is 38.1 Å². The maximum absolute atomic E-state index is 13.1. The Morgan fingerprint density at radius 2 is 1.88 bits per heavy atom. The third-order valence-electron chi connectivity index (χ3n) is 6.65. The number of Topliss-reactive ketones (excluding diaryl/α,β-unsaturated/α-hetero) is 1. The summed E-state index contributed by atoms with van der Waals surface area (Å²) in [5, 5.41) is 4.72. The predicted molar refractivity (Wildman–Crippen MR) is 132 cm³/mol. The lowest BCUT2D eigenvalue weighted by Crippen LogP contribution is -2.21. The van der Waals surface area contributed by atoms with E-state index in [4.69, 9.17) is 19.6 Å². The van der Waals surface area contributed by atoms with Gasteiger partial charge >= 0.3 is 0 Å². The van der Waals surface area contributed by atoms with Crippen LogP contribution in [0.1, 0.15) is 65.0 Å². The van der Waals surface area contributed by atoms with Crippen molar-refractivity contribution < 1.29 is 14.3 Å². The fourth-order valence-electron chi connectivity index (χ4n) is 4.78. The lowest BCUT2D eigenvalue weighted by atomic mass is 9.81. The van der Waals surface area contributed by atoms with Crippen molar-refractivity contribution in [3.8, 4) is 16.9 Å². The molecule has 0 amide bonds. The van der Waals surface area contributed by atoms with Crippen molar-refractivity contribution in [2.24, 2.45) is 0 Å². The lowest BCUT2D eigenvalue weighted by Gasteiger charge is -2.23. The Balaban J connectivity index is 1.59. The Morgan fingerprint density at radius 1 is 1.09 bits per heavy atom. The Kier molecular flexibility index (Phi) is 5.92. The highest BCUT2D eigenvalue weighted by Crippen LogP contribution is 2.35. The SMILES string of the molecule is COCc1nn2cc3c(nc2c1-c1cccc(OC)c1)CC(c1ccc(C(C)C)cc1)CC3=O. The molecule has 6 nitrogen and oxygen atoms in total. The summed E-state index contributed by atoms with van der Waals surface area (Å²) in [6, 6.07) is 16.5. The first-order chi connectivity index (χ1) is 16.5. The van der Waals surface area contributed by atoms with Crippen LogP contribution in [0, 0.1) is 0 Å². The summed E-state index contributed by atoms with van der Waals surface area (Å²) >= 11 is 0. The summed E-state index contributed by atoms with van der Waals surface area (Å²) < 4.78 is 12.6. The van der Waals surface area contributed by atoms with Crippen LogP contribution in [0.25, 0.3) is 16.8 Å². The Labute approximate surface area is 199 Å². The first-order valence-corrected chi connectivity index (χ1v) is 11.7. The molecule has 174 valence electrons. The Hall–Kier alpha value is -3.51. The first kappa shape index (κ1) is 22.3. The molecule has 0 saturated heterocycles. The van der Waals surface area contributed by atoms with E-state index in [1.807, 2.05) is 30.5 Å². The number of carbonyl (C=O) groups excluding carboxylic acids is 1. The maximum atomic E-state index is 13.1. The van der Waals surface area contributed by atoms with E-state index < -0.39 is 0 Å². The van der Waals surface area contributed by atoms with Crippen molar-refractivity contribution in [1.82, 2.24) is 14.6 Å². The molecule has 0 bridgehead atoms. The lowest BCUT2D eigenvalue weighted by molar-refractivity contribution is 0.0962. The van der Waals surface area contributed by atoms with Crippen LogP contribution in [0.4, 0.5) is 0 Å². The molecule has 2 aromatic carbocycles. The number of carbonyl (C=O) groups is 1. The van der Waals surface area contributed by atoms with E-state index in [0.29, 0.717) is 24.5 Å². The molecule has 0 spiro atoms. The number of ketones is 1. The van der Waals surface area contributed by atoms with E-state index in [1.54, 1.807) is 18.7 Å². The average molecular weight is 456 g/mol. The molecule has 5 rings (SSSR count). The number of hydrogen-bond donors (Lipinski definition) is 0. The molecule has 2 aromatic heterocycles. The van der Waals surface area contributed by atoms with Crippen LogP contribution in [-0.4, -0.2) is 34.6 Å². The minimum Gasteiger partial charge on any atom is -0.497 e. The predicted octanol–water partition coefficient (Wildman–Crippen LogP) is 5.59. The van der Waals surface area contributed by atoms with Crippen LogP contribution in [0.3, 0.4) is 0 Å². The molecule has 0 radical (unpaired) electrons. The second-order valence-electron chi connectivity index (χ2n) is 9.21. The van der Waals surface area contributed by atoms with E-state index in [1.165, 1.54) is 11.1 Å².